The minimum Gasteiger partial charge on any atom is -0.504 e. The number of hydrogen-bond acceptors (Lipinski definition) is 6. The summed E-state index contributed by atoms with van der Waals surface area (Å²) in [5.41, 5.74) is 3.57. The van der Waals surface area contributed by atoms with Crippen molar-refractivity contribution in [1.29, 1.82) is 5.26 Å². The van der Waals surface area contributed by atoms with E-state index >= 15 is 0 Å². The first-order valence-electron chi connectivity index (χ1n) is 9.73. The second kappa shape index (κ2) is 9.19. The molecule has 0 bridgehead atoms. The summed E-state index contributed by atoms with van der Waals surface area (Å²) in [6.07, 6.45) is 0.416. The Hall–Kier alpha value is -3.72. The molecule has 0 atom stereocenters. The molecule has 6 heteroatoms. The van der Waals surface area contributed by atoms with Crippen LogP contribution in [0.15, 0.2) is 42.5 Å². The first-order chi connectivity index (χ1) is 14.4. The van der Waals surface area contributed by atoms with Gasteiger partial charge in [0.05, 0.1) is 18.5 Å². The molecule has 0 aliphatic carbocycles. The zero-order chi connectivity index (χ0) is 21.7. The predicted octanol–water partition coefficient (Wildman–Crippen LogP) is 4.24. The first kappa shape index (κ1) is 21.0. The second-order valence-electron chi connectivity index (χ2n) is 6.98. The number of ether oxygens (including phenoxy) is 1. The summed E-state index contributed by atoms with van der Waals surface area (Å²) in [5.74, 6) is -1.46. The lowest BCUT2D eigenvalue weighted by molar-refractivity contribution is -0.143. The SMILES string of the molecule is CCOC(=O)CCC(=O)c1nc2cc(Cc3ccccc3C)ccc2c(C#N)c1O. The summed E-state index contributed by atoms with van der Waals surface area (Å²) in [7, 11) is 0. The Morgan fingerprint density at radius 2 is 1.93 bits per heavy atom. The van der Waals surface area contributed by atoms with Gasteiger partial charge in [-0.15, -0.1) is 0 Å². The predicted molar refractivity (Wildman–Crippen MR) is 112 cm³/mol. The number of nitriles is 1. The summed E-state index contributed by atoms with van der Waals surface area (Å²) >= 11 is 0. The van der Waals surface area contributed by atoms with Crippen LogP contribution in [0.5, 0.6) is 5.75 Å². The molecule has 0 spiro atoms. The highest BCUT2D eigenvalue weighted by Gasteiger charge is 2.21. The summed E-state index contributed by atoms with van der Waals surface area (Å²) in [5, 5.41) is 20.5. The van der Waals surface area contributed by atoms with Crippen LogP contribution in [-0.2, 0) is 16.0 Å². The smallest absolute Gasteiger partial charge is 0.306 e. The van der Waals surface area contributed by atoms with Crippen LogP contribution >= 0.6 is 0 Å². The van der Waals surface area contributed by atoms with Gasteiger partial charge in [0.15, 0.2) is 11.5 Å². The van der Waals surface area contributed by atoms with Crippen LogP contribution in [0.2, 0.25) is 0 Å². The third kappa shape index (κ3) is 4.47. The number of ketones is 1. The molecule has 0 amide bonds. The molecule has 152 valence electrons. The van der Waals surface area contributed by atoms with Crippen molar-refractivity contribution in [2.45, 2.75) is 33.1 Å². The van der Waals surface area contributed by atoms with Crippen LogP contribution in [-0.4, -0.2) is 28.4 Å². The number of benzene rings is 2. The average Bonchev–Trinajstić information content (AvgIpc) is 2.73. The van der Waals surface area contributed by atoms with Gasteiger partial charge in [0.2, 0.25) is 0 Å². The van der Waals surface area contributed by atoms with E-state index in [0.29, 0.717) is 17.3 Å². The number of nitrogens with zero attached hydrogens (tertiary/aromatic N) is 2. The van der Waals surface area contributed by atoms with Gasteiger partial charge in [0, 0.05) is 11.8 Å². The van der Waals surface area contributed by atoms with Crippen molar-refractivity contribution in [2.75, 3.05) is 6.61 Å². The van der Waals surface area contributed by atoms with Gasteiger partial charge in [-0.1, -0.05) is 36.4 Å². The summed E-state index contributed by atoms with van der Waals surface area (Å²) in [4.78, 5) is 28.4. The van der Waals surface area contributed by atoms with Crippen LogP contribution < -0.4 is 0 Å². The number of aryl methyl sites for hydroxylation is 1. The molecular formula is C24H22N2O4. The molecule has 0 saturated heterocycles. The molecule has 30 heavy (non-hydrogen) atoms. The van der Waals surface area contributed by atoms with E-state index in [1.165, 1.54) is 11.1 Å². The van der Waals surface area contributed by atoms with E-state index in [1.54, 1.807) is 13.0 Å². The van der Waals surface area contributed by atoms with Gasteiger partial charge in [0.25, 0.3) is 0 Å². The van der Waals surface area contributed by atoms with Gasteiger partial charge in [-0.25, -0.2) is 4.98 Å². The van der Waals surface area contributed by atoms with Crippen molar-refractivity contribution in [3.05, 3.63) is 70.4 Å². The molecule has 0 aliphatic rings. The van der Waals surface area contributed by atoms with E-state index in [4.69, 9.17) is 4.74 Å². The quantitative estimate of drug-likeness (QED) is 0.469. The third-order valence-electron chi connectivity index (χ3n) is 4.92. The van der Waals surface area contributed by atoms with Crippen molar-refractivity contribution >= 4 is 22.7 Å². The highest BCUT2D eigenvalue weighted by molar-refractivity contribution is 6.02. The van der Waals surface area contributed by atoms with E-state index < -0.39 is 17.5 Å². The number of fused-ring (bicyclic) bond motifs is 1. The number of pyridine rings is 1. The monoisotopic (exact) mass is 402 g/mol. The van der Waals surface area contributed by atoms with Gasteiger partial charge in [0.1, 0.15) is 17.3 Å². The Kier molecular flexibility index (Phi) is 6.43. The number of carbonyl (C=O) groups excluding carboxylic acids is 2. The molecule has 2 aromatic carbocycles. The molecular weight excluding hydrogens is 380 g/mol. The summed E-state index contributed by atoms with van der Waals surface area (Å²) in [6.45, 7) is 3.96. The Labute approximate surface area is 174 Å². The van der Waals surface area contributed by atoms with Crippen molar-refractivity contribution in [3.8, 4) is 11.8 Å². The first-order valence-corrected chi connectivity index (χ1v) is 9.73. The van der Waals surface area contributed by atoms with Crippen LogP contribution in [0, 0.1) is 18.3 Å². The molecule has 0 radical (unpaired) electrons. The topological polar surface area (TPSA) is 100 Å². The number of Topliss-reactive ketones (excluding diaryl/α,β-unsaturated/α-hetero) is 1. The Bertz CT molecular complexity index is 1160. The van der Waals surface area contributed by atoms with Crippen LogP contribution in [0.25, 0.3) is 10.9 Å². The van der Waals surface area contributed by atoms with Crippen molar-refractivity contribution in [2.24, 2.45) is 0 Å². The van der Waals surface area contributed by atoms with Crippen LogP contribution in [0.1, 0.15) is 52.5 Å². The van der Waals surface area contributed by atoms with Gasteiger partial charge in [-0.05, 0) is 43.0 Å². The van der Waals surface area contributed by atoms with Gasteiger partial charge >= 0.3 is 5.97 Å². The zero-order valence-electron chi connectivity index (χ0n) is 16.9. The minimum atomic E-state index is -0.511. The van der Waals surface area contributed by atoms with E-state index in [0.717, 1.165) is 5.56 Å². The van der Waals surface area contributed by atoms with E-state index in [1.807, 2.05) is 43.3 Å². The minimum absolute atomic E-state index is 0.00178. The van der Waals surface area contributed by atoms with E-state index in [-0.39, 0.29) is 30.7 Å². The van der Waals surface area contributed by atoms with Crippen LogP contribution in [0.3, 0.4) is 0 Å². The van der Waals surface area contributed by atoms with Crippen LogP contribution in [0.4, 0.5) is 0 Å². The third-order valence-corrected chi connectivity index (χ3v) is 4.92. The van der Waals surface area contributed by atoms with Crippen molar-refractivity contribution in [1.82, 2.24) is 4.98 Å². The fraction of sp³-hybridized carbons (Fsp3) is 0.250. The number of aromatic hydroxyl groups is 1. The number of hydrogen-bond donors (Lipinski definition) is 1. The Balaban J connectivity index is 1.97. The van der Waals surface area contributed by atoms with E-state index in [9.17, 15) is 20.0 Å². The molecule has 0 fully saturated rings. The molecule has 1 N–H and O–H groups in total. The Morgan fingerprint density at radius 3 is 2.63 bits per heavy atom. The molecule has 6 nitrogen and oxygen atoms in total. The fourth-order valence-electron chi connectivity index (χ4n) is 3.31. The maximum absolute atomic E-state index is 12.6. The standard InChI is InChI=1S/C24H22N2O4/c1-3-30-22(28)11-10-21(27)23-24(29)19(14-25)18-9-8-16(13-20(18)26-23)12-17-7-5-4-6-15(17)2/h4-9,13,29H,3,10-12H2,1-2H3. The van der Waals surface area contributed by atoms with Gasteiger partial charge in [-0.3, -0.25) is 9.59 Å². The number of rotatable bonds is 7. The average molecular weight is 402 g/mol. The molecule has 0 saturated carbocycles. The van der Waals surface area contributed by atoms with E-state index in [2.05, 4.69) is 11.1 Å². The second-order valence-corrected chi connectivity index (χ2v) is 6.98. The lowest BCUT2D eigenvalue weighted by atomic mass is 9.97. The maximum atomic E-state index is 12.6. The summed E-state index contributed by atoms with van der Waals surface area (Å²) < 4.78 is 4.83. The molecule has 3 rings (SSSR count). The lowest BCUT2D eigenvalue weighted by Gasteiger charge is -2.10. The van der Waals surface area contributed by atoms with Crippen molar-refractivity contribution < 1.29 is 19.4 Å². The molecule has 1 heterocycles. The Morgan fingerprint density at radius 1 is 1.17 bits per heavy atom. The maximum Gasteiger partial charge on any atom is 0.306 e. The highest BCUT2D eigenvalue weighted by atomic mass is 16.5. The molecule has 3 aromatic rings. The number of aromatic nitrogens is 1. The zero-order valence-corrected chi connectivity index (χ0v) is 16.9. The number of carbonyl (C=O) groups is 2. The molecule has 0 unspecified atom stereocenters. The summed E-state index contributed by atoms with van der Waals surface area (Å²) in [6, 6.07) is 15.5. The number of esters is 1. The molecule has 0 aliphatic heterocycles. The van der Waals surface area contributed by atoms with Gasteiger partial charge < -0.3 is 9.84 Å². The molecule has 1 aromatic heterocycles. The van der Waals surface area contributed by atoms with Crippen molar-refractivity contribution in [3.63, 3.8) is 0 Å². The normalized spacial score (nSPS) is 10.6. The fourth-order valence-corrected chi connectivity index (χ4v) is 3.31. The highest BCUT2D eigenvalue weighted by Crippen LogP contribution is 2.30. The lowest BCUT2D eigenvalue weighted by Crippen LogP contribution is -2.10. The van der Waals surface area contributed by atoms with Gasteiger partial charge in [-0.2, -0.15) is 5.26 Å². The largest absolute Gasteiger partial charge is 0.504 e.